The summed E-state index contributed by atoms with van der Waals surface area (Å²) in [4.78, 5) is 0. The van der Waals surface area contributed by atoms with E-state index < -0.39 is 0 Å². The Hall–Kier alpha value is -0.350. The molecule has 1 saturated heterocycles. The summed E-state index contributed by atoms with van der Waals surface area (Å²) >= 11 is 3.50. The van der Waals surface area contributed by atoms with Crippen LogP contribution in [0.5, 0.6) is 0 Å². The molecular formula is C10H15BrN2O. The molecule has 0 unspecified atom stereocenters. The van der Waals surface area contributed by atoms with Crippen molar-refractivity contribution in [3.05, 3.63) is 17.5 Å². The number of nitrogens with zero attached hydrogens (tertiary/aromatic N) is 2. The van der Waals surface area contributed by atoms with Gasteiger partial charge in [0.2, 0.25) is 0 Å². The van der Waals surface area contributed by atoms with E-state index in [1.54, 1.807) is 0 Å². The Kier molecular flexibility index (Phi) is 3.23. The molecule has 0 bridgehead atoms. The molecule has 0 aliphatic carbocycles. The maximum atomic E-state index is 5.36. The molecule has 0 aromatic carbocycles. The first kappa shape index (κ1) is 10.2. The molecule has 4 heteroatoms. The molecule has 0 N–H and O–H groups in total. The van der Waals surface area contributed by atoms with Gasteiger partial charge in [-0.15, -0.1) is 0 Å². The van der Waals surface area contributed by atoms with Crippen molar-refractivity contribution in [1.82, 2.24) is 9.78 Å². The van der Waals surface area contributed by atoms with Gasteiger partial charge < -0.3 is 4.74 Å². The van der Waals surface area contributed by atoms with E-state index in [2.05, 4.69) is 27.2 Å². The molecular weight excluding hydrogens is 244 g/mol. The second kappa shape index (κ2) is 4.45. The van der Waals surface area contributed by atoms with Crippen molar-refractivity contribution >= 4 is 15.9 Å². The second-order valence-corrected chi connectivity index (χ2v) is 4.29. The average molecular weight is 259 g/mol. The van der Waals surface area contributed by atoms with Crippen molar-refractivity contribution in [3.8, 4) is 0 Å². The highest BCUT2D eigenvalue weighted by molar-refractivity contribution is 9.08. The van der Waals surface area contributed by atoms with Gasteiger partial charge in [0.15, 0.2) is 0 Å². The average Bonchev–Trinajstić information content (AvgIpc) is 2.61. The Bertz CT molecular complexity index is 305. The van der Waals surface area contributed by atoms with Gasteiger partial charge in [-0.2, -0.15) is 5.10 Å². The highest BCUT2D eigenvalue weighted by Crippen LogP contribution is 2.28. The summed E-state index contributed by atoms with van der Waals surface area (Å²) in [7, 11) is 1.98. The molecule has 78 valence electrons. The van der Waals surface area contributed by atoms with Gasteiger partial charge in [0.05, 0.1) is 5.69 Å². The van der Waals surface area contributed by atoms with E-state index in [1.807, 2.05) is 11.7 Å². The minimum atomic E-state index is 0.595. The number of aryl methyl sites for hydroxylation is 1. The molecule has 14 heavy (non-hydrogen) atoms. The summed E-state index contributed by atoms with van der Waals surface area (Å²) in [6.45, 7) is 1.76. The SMILES string of the molecule is Cn1cc(CBr)c(C2CCOCC2)n1. The molecule has 1 aromatic heterocycles. The monoisotopic (exact) mass is 258 g/mol. The number of ether oxygens (including phenoxy) is 1. The summed E-state index contributed by atoms with van der Waals surface area (Å²) in [5, 5.41) is 5.43. The van der Waals surface area contributed by atoms with Gasteiger partial charge in [-0.25, -0.2) is 0 Å². The maximum absolute atomic E-state index is 5.36. The minimum Gasteiger partial charge on any atom is -0.381 e. The van der Waals surface area contributed by atoms with Crippen LogP contribution in [-0.4, -0.2) is 23.0 Å². The van der Waals surface area contributed by atoms with Crippen LogP contribution in [0, 0.1) is 0 Å². The quantitative estimate of drug-likeness (QED) is 0.761. The zero-order valence-electron chi connectivity index (χ0n) is 8.37. The van der Waals surface area contributed by atoms with E-state index in [0.29, 0.717) is 5.92 Å². The zero-order valence-corrected chi connectivity index (χ0v) is 9.96. The van der Waals surface area contributed by atoms with E-state index in [4.69, 9.17) is 4.74 Å². The number of halogens is 1. The normalized spacial score (nSPS) is 18.7. The molecule has 0 radical (unpaired) electrons. The lowest BCUT2D eigenvalue weighted by atomic mass is 9.94. The topological polar surface area (TPSA) is 27.1 Å². The predicted molar refractivity (Wildman–Crippen MR) is 58.6 cm³/mol. The van der Waals surface area contributed by atoms with E-state index in [-0.39, 0.29) is 0 Å². The van der Waals surface area contributed by atoms with Crippen LogP contribution in [0.3, 0.4) is 0 Å². The lowest BCUT2D eigenvalue weighted by Crippen LogP contribution is -2.15. The fourth-order valence-electron chi connectivity index (χ4n) is 1.97. The largest absolute Gasteiger partial charge is 0.381 e. The molecule has 1 aromatic rings. The van der Waals surface area contributed by atoms with Crippen LogP contribution in [0.15, 0.2) is 6.20 Å². The summed E-state index contributed by atoms with van der Waals surface area (Å²) in [6.07, 6.45) is 4.31. The second-order valence-electron chi connectivity index (χ2n) is 3.73. The lowest BCUT2D eigenvalue weighted by Gasteiger charge is -2.21. The van der Waals surface area contributed by atoms with Gasteiger partial charge in [-0.3, -0.25) is 4.68 Å². The van der Waals surface area contributed by atoms with Crippen molar-refractivity contribution in [2.24, 2.45) is 7.05 Å². The van der Waals surface area contributed by atoms with Crippen molar-refractivity contribution in [1.29, 1.82) is 0 Å². The minimum absolute atomic E-state index is 0.595. The van der Waals surface area contributed by atoms with E-state index in [9.17, 15) is 0 Å². The van der Waals surface area contributed by atoms with Gasteiger partial charge in [0.1, 0.15) is 0 Å². The maximum Gasteiger partial charge on any atom is 0.0697 e. The molecule has 3 nitrogen and oxygen atoms in total. The molecule has 2 rings (SSSR count). The van der Waals surface area contributed by atoms with E-state index in [0.717, 1.165) is 31.4 Å². The number of alkyl halides is 1. The molecule has 0 saturated carbocycles. The van der Waals surface area contributed by atoms with Gasteiger partial charge in [-0.1, -0.05) is 15.9 Å². The van der Waals surface area contributed by atoms with Gasteiger partial charge in [0, 0.05) is 43.3 Å². The van der Waals surface area contributed by atoms with Crippen LogP contribution < -0.4 is 0 Å². The highest BCUT2D eigenvalue weighted by atomic mass is 79.9. The summed E-state index contributed by atoms with van der Waals surface area (Å²) in [6, 6.07) is 0. The Labute approximate surface area is 92.6 Å². The van der Waals surface area contributed by atoms with Crippen molar-refractivity contribution in [3.63, 3.8) is 0 Å². The first-order valence-corrected chi connectivity index (χ1v) is 6.09. The lowest BCUT2D eigenvalue weighted by molar-refractivity contribution is 0.0842. The molecule has 1 fully saturated rings. The third kappa shape index (κ3) is 2.01. The van der Waals surface area contributed by atoms with Crippen LogP contribution in [0.1, 0.15) is 30.0 Å². The molecule has 1 aliphatic rings. The van der Waals surface area contributed by atoms with Crippen LogP contribution in [-0.2, 0) is 17.1 Å². The third-order valence-electron chi connectivity index (χ3n) is 2.69. The van der Waals surface area contributed by atoms with Crippen LogP contribution in [0.4, 0.5) is 0 Å². The first-order valence-electron chi connectivity index (χ1n) is 4.97. The summed E-state index contributed by atoms with van der Waals surface area (Å²) in [5.74, 6) is 0.595. The Balaban J connectivity index is 2.20. The molecule has 0 amide bonds. The number of hydrogen-bond acceptors (Lipinski definition) is 2. The fraction of sp³-hybridized carbons (Fsp3) is 0.700. The van der Waals surface area contributed by atoms with Crippen molar-refractivity contribution in [2.75, 3.05) is 13.2 Å². The summed E-state index contributed by atoms with van der Waals surface area (Å²) < 4.78 is 7.26. The smallest absolute Gasteiger partial charge is 0.0697 e. The van der Waals surface area contributed by atoms with E-state index in [1.165, 1.54) is 11.3 Å². The van der Waals surface area contributed by atoms with Crippen molar-refractivity contribution in [2.45, 2.75) is 24.1 Å². The van der Waals surface area contributed by atoms with Crippen LogP contribution in [0.25, 0.3) is 0 Å². The van der Waals surface area contributed by atoms with Gasteiger partial charge >= 0.3 is 0 Å². The van der Waals surface area contributed by atoms with Gasteiger partial charge in [0.25, 0.3) is 0 Å². The number of aromatic nitrogens is 2. The molecule has 1 aliphatic heterocycles. The molecule has 0 spiro atoms. The first-order chi connectivity index (χ1) is 6.81. The predicted octanol–water partition coefficient (Wildman–Crippen LogP) is 2.21. The molecule has 0 atom stereocenters. The highest BCUT2D eigenvalue weighted by Gasteiger charge is 2.21. The standard InChI is InChI=1S/C10H15BrN2O/c1-13-7-9(6-11)10(12-13)8-2-4-14-5-3-8/h7-8H,2-6H2,1H3. The number of rotatable bonds is 2. The van der Waals surface area contributed by atoms with E-state index >= 15 is 0 Å². The summed E-state index contributed by atoms with van der Waals surface area (Å²) in [5.41, 5.74) is 2.58. The fourth-order valence-corrected chi connectivity index (χ4v) is 2.40. The Morgan fingerprint density at radius 2 is 2.29 bits per heavy atom. The van der Waals surface area contributed by atoms with Crippen LogP contribution >= 0.6 is 15.9 Å². The van der Waals surface area contributed by atoms with Crippen LogP contribution in [0.2, 0.25) is 0 Å². The van der Waals surface area contributed by atoms with Crippen molar-refractivity contribution < 1.29 is 4.74 Å². The zero-order chi connectivity index (χ0) is 9.97. The Morgan fingerprint density at radius 3 is 2.93 bits per heavy atom. The number of hydrogen-bond donors (Lipinski definition) is 0. The Morgan fingerprint density at radius 1 is 1.57 bits per heavy atom. The molecule has 2 heterocycles. The van der Waals surface area contributed by atoms with Gasteiger partial charge in [-0.05, 0) is 12.8 Å². The third-order valence-corrected chi connectivity index (χ3v) is 3.29.